The van der Waals surface area contributed by atoms with Gasteiger partial charge < -0.3 is 19.3 Å². The van der Waals surface area contributed by atoms with Crippen molar-refractivity contribution in [3.05, 3.63) is 84.2 Å². The second-order valence-electron chi connectivity index (χ2n) is 11.6. The number of nitriles is 1. The van der Waals surface area contributed by atoms with E-state index in [0.29, 0.717) is 44.6 Å². The molecule has 0 spiro atoms. The van der Waals surface area contributed by atoms with E-state index >= 15 is 0 Å². The molecule has 0 radical (unpaired) electrons. The second-order valence-corrected chi connectivity index (χ2v) is 11.6. The number of amides is 3. The maximum absolute atomic E-state index is 13.7. The molecule has 11 heteroatoms. The molecule has 0 bridgehead atoms. The molecule has 0 atom stereocenters. The molecule has 5 rings (SSSR count). The topological polar surface area (TPSA) is 124 Å². The Bertz CT molecular complexity index is 1550. The minimum absolute atomic E-state index is 0.0990. The molecule has 0 saturated carbocycles. The number of anilines is 2. The summed E-state index contributed by atoms with van der Waals surface area (Å²) in [5, 5.41) is 14.2. The molecule has 0 aromatic heterocycles. The smallest absolute Gasteiger partial charge is 0.411 e. The van der Waals surface area contributed by atoms with Crippen LogP contribution in [0.15, 0.2) is 72.8 Å². The van der Waals surface area contributed by atoms with Crippen LogP contribution < -0.4 is 10.6 Å². The Morgan fingerprint density at radius 2 is 1.59 bits per heavy atom. The molecule has 2 saturated heterocycles. The van der Waals surface area contributed by atoms with Gasteiger partial charge in [0.15, 0.2) is 0 Å². The van der Waals surface area contributed by atoms with Crippen molar-refractivity contribution in [1.82, 2.24) is 9.80 Å². The minimum atomic E-state index is -0.711. The van der Waals surface area contributed by atoms with Crippen LogP contribution in [0.25, 0.3) is 11.1 Å². The van der Waals surface area contributed by atoms with Crippen LogP contribution in [0, 0.1) is 23.1 Å². The summed E-state index contributed by atoms with van der Waals surface area (Å²) in [7, 11) is 0. The Balaban J connectivity index is 0.956. The summed E-state index contributed by atoms with van der Waals surface area (Å²) < 4.78 is 24.8. The lowest BCUT2D eigenvalue weighted by Crippen LogP contribution is -2.43. The van der Waals surface area contributed by atoms with Crippen LogP contribution in [-0.4, -0.2) is 73.3 Å². The van der Waals surface area contributed by atoms with Gasteiger partial charge in [0.25, 0.3) is 0 Å². The van der Waals surface area contributed by atoms with E-state index in [4.69, 9.17) is 14.7 Å². The molecule has 240 valence electrons. The van der Waals surface area contributed by atoms with Crippen molar-refractivity contribution in [2.75, 3.05) is 50.0 Å². The van der Waals surface area contributed by atoms with E-state index in [-0.39, 0.29) is 35.8 Å². The molecule has 3 aromatic carbocycles. The quantitative estimate of drug-likeness (QED) is 0.287. The Kier molecular flexibility index (Phi) is 11.2. The zero-order chi connectivity index (χ0) is 32.3. The Morgan fingerprint density at radius 1 is 0.870 bits per heavy atom. The van der Waals surface area contributed by atoms with Gasteiger partial charge in [-0.05, 0) is 61.4 Å². The highest BCUT2D eigenvalue weighted by Crippen LogP contribution is 2.28. The van der Waals surface area contributed by atoms with Gasteiger partial charge in [-0.3, -0.25) is 15.4 Å². The van der Waals surface area contributed by atoms with E-state index in [1.54, 1.807) is 6.07 Å². The van der Waals surface area contributed by atoms with Crippen molar-refractivity contribution in [2.45, 2.75) is 38.2 Å². The van der Waals surface area contributed by atoms with E-state index in [2.05, 4.69) is 15.5 Å². The maximum atomic E-state index is 13.7. The van der Waals surface area contributed by atoms with Crippen molar-refractivity contribution < 1.29 is 28.2 Å². The van der Waals surface area contributed by atoms with Crippen LogP contribution in [0.1, 0.15) is 37.7 Å². The third kappa shape index (κ3) is 9.05. The van der Waals surface area contributed by atoms with Gasteiger partial charge in [0, 0.05) is 50.4 Å². The second kappa shape index (κ2) is 15.9. The molecule has 2 N–H and O–H groups in total. The molecule has 10 nitrogen and oxygen atoms in total. The molecule has 0 unspecified atom stereocenters. The molecular weight excluding hydrogens is 589 g/mol. The number of para-hydroxylation sites is 1. The van der Waals surface area contributed by atoms with Crippen LogP contribution in [0.3, 0.4) is 0 Å². The average Bonchev–Trinajstić information content (AvgIpc) is 3.08. The molecule has 46 heavy (non-hydrogen) atoms. The Hall–Kier alpha value is -4.95. The monoisotopic (exact) mass is 627 g/mol. The number of rotatable bonds is 9. The fourth-order valence-corrected chi connectivity index (χ4v) is 5.79. The van der Waals surface area contributed by atoms with Gasteiger partial charge in [-0.25, -0.2) is 14.0 Å². The Morgan fingerprint density at radius 3 is 2.30 bits per heavy atom. The number of piperidine rings is 2. The number of likely N-dealkylation sites (tertiary alicyclic amines) is 2. The number of carbonyl (C=O) groups is 3. The molecular formula is C35H38FN5O5. The highest BCUT2D eigenvalue weighted by atomic mass is 19.1. The summed E-state index contributed by atoms with van der Waals surface area (Å²) in [5.74, 6) is -0.470. The summed E-state index contributed by atoms with van der Waals surface area (Å²) >= 11 is 0. The Labute approximate surface area is 268 Å². The number of nitrogens with zero attached hydrogens (tertiary/aromatic N) is 3. The highest BCUT2D eigenvalue weighted by molar-refractivity contribution is 5.91. The SMILES string of the molecule is N#Cc1ccc(NC(=O)OCC2CCN(C(=O)CCN3CCC(OC(=O)Nc4ccccc4-c4ccccc4)CC3)CC2)cc1F. The normalized spacial score (nSPS) is 15.9. The molecule has 2 fully saturated rings. The molecule has 3 amide bonds. The standard InChI is InChI=1S/C35H38FN5O5/c36-31-22-28(11-10-27(31)23-37)38-34(43)45-24-25-12-20-41(21-13-25)33(42)16-19-40-17-14-29(15-18-40)46-35(44)39-32-9-5-4-8-30(32)26-6-2-1-3-7-26/h1-11,22,25,29H,12-21,24H2,(H,38,43)(H,39,44). The average molecular weight is 628 g/mol. The van der Waals surface area contributed by atoms with Crippen molar-refractivity contribution >= 4 is 29.5 Å². The zero-order valence-electron chi connectivity index (χ0n) is 25.6. The van der Waals surface area contributed by atoms with Gasteiger partial charge in [0.05, 0.1) is 17.9 Å². The van der Waals surface area contributed by atoms with Gasteiger partial charge in [-0.2, -0.15) is 5.26 Å². The van der Waals surface area contributed by atoms with Crippen molar-refractivity contribution in [1.29, 1.82) is 5.26 Å². The van der Waals surface area contributed by atoms with Gasteiger partial charge in [0.2, 0.25) is 5.91 Å². The van der Waals surface area contributed by atoms with Crippen LogP contribution in [0.2, 0.25) is 0 Å². The van der Waals surface area contributed by atoms with E-state index < -0.39 is 18.0 Å². The van der Waals surface area contributed by atoms with E-state index in [1.807, 2.05) is 59.5 Å². The first-order chi connectivity index (χ1) is 22.4. The van der Waals surface area contributed by atoms with E-state index in [0.717, 1.165) is 43.1 Å². The molecule has 3 aromatic rings. The van der Waals surface area contributed by atoms with Gasteiger partial charge >= 0.3 is 12.2 Å². The summed E-state index contributed by atoms with van der Waals surface area (Å²) in [4.78, 5) is 41.8. The number of halogens is 1. The molecule has 2 aliphatic heterocycles. The minimum Gasteiger partial charge on any atom is -0.449 e. The number of hydrogen-bond donors (Lipinski definition) is 2. The fourth-order valence-electron chi connectivity index (χ4n) is 5.79. The van der Waals surface area contributed by atoms with Crippen LogP contribution in [0.5, 0.6) is 0 Å². The third-order valence-electron chi connectivity index (χ3n) is 8.45. The van der Waals surface area contributed by atoms with Gasteiger partial charge in [0.1, 0.15) is 18.0 Å². The largest absolute Gasteiger partial charge is 0.449 e. The number of benzene rings is 3. The summed E-state index contributed by atoms with van der Waals surface area (Å²) in [6.45, 7) is 3.58. The molecule has 2 heterocycles. The lowest BCUT2D eigenvalue weighted by molar-refractivity contribution is -0.133. The molecule has 0 aliphatic carbocycles. The van der Waals surface area contributed by atoms with Crippen LogP contribution in [0.4, 0.5) is 25.4 Å². The van der Waals surface area contributed by atoms with Crippen LogP contribution >= 0.6 is 0 Å². The predicted octanol–water partition coefficient (Wildman–Crippen LogP) is 6.25. The first-order valence-corrected chi connectivity index (χ1v) is 15.6. The van der Waals surface area contributed by atoms with Crippen molar-refractivity contribution in [2.24, 2.45) is 5.92 Å². The van der Waals surface area contributed by atoms with Crippen LogP contribution in [-0.2, 0) is 14.3 Å². The zero-order valence-corrected chi connectivity index (χ0v) is 25.6. The highest BCUT2D eigenvalue weighted by Gasteiger charge is 2.26. The molecule has 2 aliphatic rings. The first kappa shape index (κ1) is 32.4. The van der Waals surface area contributed by atoms with E-state index in [1.165, 1.54) is 12.1 Å². The summed E-state index contributed by atoms with van der Waals surface area (Å²) in [5.41, 5.74) is 2.76. The number of nitrogens with one attached hydrogen (secondary N) is 2. The first-order valence-electron chi connectivity index (χ1n) is 15.6. The summed E-state index contributed by atoms with van der Waals surface area (Å²) in [6, 6.07) is 23.1. The van der Waals surface area contributed by atoms with Gasteiger partial charge in [-0.15, -0.1) is 0 Å². The number of ether oxygens (including phenoxy) is 2. The van der Waals surface area contributed by atoms with E-state index in [9.17, 15) is 18.8 Å². The summed E-state index contributed by atoms with van der Waals surface area (Å²) in [6.07, 6.45) is 1.97. The number of hydrogen-bond acceptors (Lipinski definition) is 7. The lowest BCUT2D eigenvalue weighted by Gasteiger charge is -2.34. The maximum Gasteiger partial charge on any atom is 0.411 e. The van der Waals surface area contributed by atoms with Gasteiger partial charge in [-0.1, -0.05) is 48.5 Å². The lowest BCUT2D eigenvalue weighted by atomic mass is 9.97. The number of carbonyl (C=O) groups excluding carboxylic acids is 3. The third-order valence-corrected chi connectivity index (χ3v) is 8.45. The fraction of sp³-hybridized carbons (Fsp3) is 0.371. The van der Waals surface area contributed by atoms with Crippen molar-refractivity contribution in [3.8, 4) is 17.2 Å². The predicted molar refractivity (Wildman–Crippen MR) is 171 cm³/mol. The van der Waals surface area contributed by atoms with Crippen molar-refractivity contribution in [3.63, 3.8) is 0 Å².